The lowest BCUT2D eigenvalue weighted by Crippen LogP contribution is -2.24. The maximum atomic E-state index is 6.25. The highest BCUT2D eigenvalue weighted by atomic mass is 15.0. The summed E-state index contributed by atoms with van der Waals surface area (Å²) in [5.74, 6) is 4.26. The monoisotopic (exact) mass is 270 g/mol. The molecule has 1 aromatic carbocycles. The summed E-state index contributed by atoms with van der Waals surface area (Å²) < 4.78 is 0. The average Bonchev–Trinajstić information content (AvgIpc) is 2.88. The van der Waals surface area contributed by atoms with Gasteiger partial charge in [0.05, 0.1) is 0 Å². The predicted molar refractivity (Wildman–Crippen MR) is 82.2 cm³/mol. The minimum Gasteiger partial charge on any atom is -0.324 e. The fraction of sp³-hybridized carbons (Fsp3) is 0.667. The van der Waals surface area contributed by atoms with Crippen molar-refractivity contribution in [3.8, 4) is 0 Å². The van der Waals surface area contributed by atoms with Crippen molar-refractivity contribution in [3.63, 3.8) is 0 Å². The molecule has 1 aromatic rings. The molecule has 108 valence electrons. The molecule has 0 saturated heterocycles. The predicted octanol–water partition coefficient (Wildman–Crippen LogP) is 3.10. The molecular weight excluding hydrogens is 244 g/mol. The van der Waals surface area contributed by atoms with Crippen molar-refractivity contribution in [2.75, 3.05) is 6.54 Å². The molecule has 0 aromatic heterocycles. The van der Waals surface area contributed by atoms with Crippen LogP contribution in [0.5, 0.6) is 0 Å². The first-order valence-electron chi connectivity index (χ1n) is 8.38. The molecular formula is C18H26N2. The Kier molecular flexibility index (Phi) is 3.31. The van der Waals surface area contributed by atoms with Gasteiger partial charge in [0, 0.05) is 12.1 Å². The zero-order valence-corrected chi connectivity index (χ0v) is 12.2. The zero-order chi connectivity index (χ0) is 13.5. The SMILES string of the molecule is NC(CCCNC1C2C3CCC(C3)C12)c1ccccc1. The highest BCUT2D eigenvalue weighted by Gasteiger charge is 2.64. The molecule has 4 rings (SSSR count). The lowest BCUT2D eigenvalue weighted by atomic mass is 10.0. The summed E-state index contributed by atoms with van der Waals surface area (Å²) in [4.78, 5) is 0. The van der Waals surface area contributed by atoms with Crippen LogP contribution in [0, 0.1) is 23.7 Å². The summed E-state index contributed by atoms with van der Waals surface area (Å²) in [6.07, 6.45) is 6.87. The third-order valence-corrected chi connectivity index (χ3v) is 6.03. The highest BCUT2D eigenvalue weighted by molar-refractivity contribution is 5.18. The molecule has 3 N–H and O–H groups in total. The van der Waals surface area contributed by atoms with Gasteiger partial charge in [-0.15, -0.1) is 0 Å². The molecule has 0 amide bonds. The Hall–Kier alpha value is -0.860. The van der Waals surface area contributed by atoms with Gasteiger partial charge in [0.2, 0.25) is 0 Å². The summed E-state index contributed by atoms with van der Waals surface area (Å²) in [6, 6.07) is 11.6. The van der Waals surface area contributed by atoms with E-state index in [4.69, 9.17) is 5.73 Å². The van der Waals surface area contributed by atoms with E-state index in [9.17, 15) is 0 Å². The van der Waals surface area contributed by atoms with Crippen molar-refractivity contribution in [2.45, 2.75) is 44.2 Å². The van der Waals surface area contributed by atoms with Crippen molar-refractivity contribution in [1.29, 1.82) is 0 Å². The molecule has 3 aliphatic rings. The van der Waals surface area contributed by atoms with Crippen LogP contribution in [0.3, 0.4) is 0 Å². The summed E-state index contributed by atoms with van der Waals surface area (Å²) in [6.45, 7) is 1.15. The van der Waals surface area contributed by atoms with Gasteiger partial charge in [0.15, 0.2) is 0 Å². The highest BCUT2D eigenvalue weighted by Crippen LogP contribution is 2.65. The molecule has 2 bridgehead atoms. The minimum absolute atomic E-state index is 0.202. The Labute approximate surface area is 122 Å². The molecule has 0 radical (unpaired) electrons. The van der Waals surface area contributed by atoms with Gasteiger partial charge in [-0.1, -0.05) is 30.3 Å². The number of hydrogen-bond donors (Lipinski definition) is 2. The molecule has 5 unspecified atom stereocenters. The van der Waals surface area contributed by atoms with E-state index in [1.807, 2.05) is 0 Å². The van der Waals surface area contributed by atoms with Crippen molar-refractivity contribution in [1.82, 2.24) is 5.32 Å². The quantitative estimate of drug-likeness (QED) is 0.780. The van der Waals surface area contributed by atoms with Crippen molar-refractivity contribution >= 4 is 0 Å². The summed E-state index contributed by atoms with van der Waals surface area (Å²) in [5.41, 5.74) is 7.52. The number of hydrogen-bond acceptors (Lipinski definition) is 2. The number of nitrogens with one attached hydrogen (secondary N) is 1. The van der Waals surface area contributed by atoms with Gasteiger partial charge in [-0.2, -0.15) is 0 Å². The molecule has 3 aliphatic carbocycles. The Balaban J connectivity index is 1.18. The van der Waals surface area contributed by atoms with Crippen molar-refractivity contribution in [3.05, 3.63) is 35.9 Å². The normalized spacial score (nSPS) is 38.8. The minimum atomic E-state index is 0.202. The Morgan fingerprint density at radius 2 is 1.80 bits per heavy atom. The molecule has 2 nitrogen and oxygen atoms in total. The largest absolute Gasteiger partial charge is 0.324 e. The number of rotatable bonds is 6. The van der Waals surface area contributed by atoms with Crippen LogP contribution in [0.25, 0.3) is 0 Å². The third kappa shape index (κ3) is 2.19. The van der Waals surface area contributed by atoms with Gasteiger partial charge in [-0.05, 0) is 67.9 Å². The topological polar surface area (TPSA) is 38.0 Å². The molecule has 2 heteroatoms. The lowest BCUT2D eigenvalue weighted by Gasteiger charge is -2.13. The zero-order valence-electron chi connectivity index (χ0n) is 12.2. The fourth-order valence-electron chi connectivity index (χ4n) is 5.06. The van der Waals surface area contributed by atoms with Gasteiger partial charge in [-0.3, -0.25) is 0 Å². The van der Waals surface area contributed by atoms with Gasteiger partial charge >= 0.3 is 0 Å². The van der Waals surface area contributed by atoms with Gasteiger partial charge in [0.25, 0.3) is 0 Å². The van der Waals surface area contributed by atoms with Crippen LogP contribution < -0.4 is 11.1 Å². The van der Waals surface area contributed by atoms with Crippen LogP contribution in [0.2, 0.25) is 0 Å². The van der Waals surface area contributed by atoms with E-state index in [2.05, 4.69) is 35.6 Å². The molecule has 3 fully saturated rings. The number of benzene rings is 1. The second-order valence-corrected chi connectivity index (χ2v) is 7.13. The second kappa shape index (κ2) is 5.16. The first-order valence-corrected chi connectivity index (χ1v) is 8.38. The van der Waals surface area contributed by atoms with Crippen LogP contribution in [0.15, 0.2) is 30.3 Å². The van der Waals surface area contributed by atoms with Crippen LogP contribution in [0.1, 0.15) is 43.7 Å². The Morgan fingerprint density at radius 1 is 1.10 bits per heavy atom. The van der Waals surface area contributed by atoms with Crippen LogP contribution in [0.4, 0.5) is 0 Å². The van der Waals surface area contributed by atoms with Gasteiger partial charge in [-0.25, -0.2) is 0 Å². The summed E-state index contributed by atoms with van der Waals surface area (Å²) in [5, 5.41) is 3.81. The van der Waals surface area contributed by atoms with Gasteiger partial charge in [0.1, 0.15) is 0 Å². The van der Waals surface area contributed by atoms with Gasteiger partial charge < -0.3 is 11.1 Å². The Bertz CT molecular complexity index is 442. The maximum absolute atomic E-state index is 6.25. The van der Waals surface area contributed by atoms with E-state index in [1.54, 1.807) is 6.42 Å². The number of nitrogens with two attached hydrogens (primary N) is 1. The lowest BCUT2D eigenvalue weighted by molar-refractivity contribution is 0.452. The summed E-state index contributed by atoms with van der Waals surface area (Å²) >= 11 is 0. The van der Waals surface area contributed by atoms with E-state index in [-0.39, 0.29) is 6.04 Å². The smallest absolute Gasteiger partial charge is 0.0295 e. The van der Waals surface area contributed by atoms with Crippen molar-refractivity contribution in [2.24, 2.45) is 29.4 Å². The van der Waals surface area contributed by atoms with Crippen LogP contribution in [-0.4, -0.2) is 12.6 Å². The molecule has 0 aliphatic heterocycles. The standard InChI is InChI=1S/C18H26N2/c19-15(12-5-2-1-3-6-12)7-4-10-20-18-16-13-8-9-14(11-13)17(16)18/h1-3,5-6,13-18,20H,4,7-11,19H2. The first kappa shape index (κ1) is 12.8. The number of fused-ring (bicyclic) bond motifs is 5. The van der Waals surface area contributed by atoms with E-state index < -0.39 is 0 Å². The Morgan fingerprint density at radius 3 is 2.50 bits per heavy atom. The van der Waals surface area contributed by atoms with Crippen LogP contribution in [-0.2, 0) is 0 Å². The summed E-state index contributed by atoms with van der Waals surface area (Å²) in [7, 11) is 0. The maximum Gasteiger partial charge on any atom is 0.0295 e. The van der Waals surface area contributed by atoms with Crippen LogP contribution >= 0.6 is 0 Å². The molecule has 3 saturated carbocycles. The van der Waals surface area contributed by atoms with E-state index in [0.29, 0.717) is 0 Å². The van der Waals surface area contributed by atoms with E-state index >= 15 is 0 Å². The van der Waals surface area contributed by atoms with E-state index in [0.717, 1.165) is 42.7 Å². The van der Waals surface area contributed by atoms with E-state index in [1.165, 1.54) is 24.8 Å². The average molecular weight is 270 g/mol. The third-order valence-electron chi connectivity index (χ3n) is 6.03. The first-order chi connectivity index (χ1) is 9.84. The fourth-order valence-corrected chi connectivity index (χ4v) is 5.06. The molecule has 20 heavy (non-hydrogen) atoms. The molecule has 0 spiro atoms. The second-order valence-electron chi connectivity index (χ2n) is 7.13. The van der Waals surface area contributed by atoms with Crippen molar-refractivity contribution < 1.29 is 0 Å². The molecule has 0 heterocycles. The molecule has 5 atom stereocenters.